The summed E-state index contributed by atoms with van der Waals surface area (Å²) in [6.45, 7) is 5.49. The van der Waals surface area contributed by atoms with Gasteiger partial charge in [-0.05, 0) is 38.3 Å². The minimum absolute atomic E-state index is 0.0863. The predicted octanol–water partition coefficient (Wildman–Crippen LogP) is 2.97. The van der Waals surface area contributed by atoms with Crippen LogP contribution in [0.2, 0.25) is 5.02 Å². The molecule has 2 aromatic rings. The number of piperidine rings is 1. The summed E-state index contributed by atoms with van der Waals surface area (Å²) in [5, 5.41) is 24.8. The number of aliphatic hydroxyl groups excluding tert-OH is 2. The van der Waals surface area contributed by atoms with E-state index in [0.29, 0.717) is 32.9 Å². The lowest BCUT2D eigenvalue weighted by molar-refractivity contribution is -0.126. The number of amides is 1. The summed E-state index contributed by atoms with van der Waals surface area (Å²) in [6.07, 6.45) is 2.52. The van der Waals surface area contributed by atoms with Gasteiger partial charge in [0, 0.05) is 30.6 Å². The Kier molecular flexibility index (Phi) is 7.56. The van der Waals surface area contributed by atoms with Crippen molar-refractivity contribution in [1.82, 2.24) is 14.9 Å². The Morgan fingerprint density at radius 1 is 1.36 bits per heavy atom. The summed E-state index contributed by atoms with van der Waals surface area (Å²) in [7, 11) is 1.59. The van der Waals surface area contributed by atoms with Crippen molar-refractivity contribution in [3.05, 3.63) is 40.8 Å². The van der Waals surface area contributed by atoms with Crippen LogP contribution in [-0.4, -0.2) is 68.9 Å². The number of hydrogen-bond acceptors (Lipinski definition) is 10. The van der Waals surface area contributed by atoms with Gasteiger partial charge in [-0.25, -0.2) is 9.97 Å². The van der Waals surface area contributed by atoms with Crippen LogP contribution >= 0.6 is 23.4 Å². The topological polar surface area (TPSA) is 154 Å². The third-order valence-electron chi connectivity index (χ3n) is 6.71. The highest BCUT2D eigenvalue weighted by Gasteiger charge is 2.39. The average Bonchev–Trinajstić information content (AvgIpc) is 3.05. The number of aromatic nitrogens is 2. The first-order chi connectivity index (χ1) is 17.0. The Morgan fingerprint density at radius 3 is 2.67 bits per heavy atom. The SMILES string of the molecule is CCC1C(O)=C(C(O)Nc2cccc(Sc3ncc(N4CCC(C)(N)CC4)nc3N)c2Cl)C(=O)N1C. The van der Waals surface area contributed by atoms with Gasteiger partial charge in [0.2, 0.25) is 0 Å². The minimum atomic E-state index is -1.43. The lowest BCUT2D eigenvalue weighted by Gasteiger charge is -2.37. The molecule has 1 aromatic heterocycles. The highest BCUT2D eigenvalue weighted by atomic mass is 35.5. The van der Waals surface area contributed by atoms with Crippen LogP contribution in [0.3, 0.4) is 0 Å². The van der Waals surface area contributed by atoms with Crippen molar-refractivity contribution in [1.29, 1.82) is 0 Å². The van der Waals surface area contributed by atoms with Crippen molar-refractivity contribution in [2.24, 2.45) is 5.73 Å². The Morgan fingerprint density at radius 2 is 2.06 bits per heavy atom. The summed E-state index contributed by atoms with van der Waals surface area (Å²) < 4.78 is 0. The van der Waals surface area contributed by atoms with Crippen LogP contribution in [0.5, 0.6) is 0 Å². The molecule has 1 amide bonds. The summed E-state index contributed by atoms with van der Waals surface area (Å²) in [4.78, 5) is 25.8. The molecule has 36 heavy (non-hydrogen) atoms. The molecular formula is C24H32ClN7O3S. The maximum atomic E-state index is 12.6. The van der Waals surface area contributed by atoms with E-state index in [9.17, 15) is 15.0 Å². The molecule has 1 fully saturated rings. The summed E-state index contributed by atoms with van der Waals surface area (Å²) in [5.74, 6) is 0.420. The highest BCUT2D eigenvalue weighted by Crippen LogP contribution is 2.39. The summed E-state index contributed by atoms with van der Waals surface area (Å²) in [5.41, 5.74) is 12.6. The van der Waals surface area contributed by atoms with Crippen molar-refractivity contribution in [3.8, 4) is 0 Å². The monoisotopic (exact) mass is 533 g/mol. The zero-order valence-electron chi connectivity index (χ0n) is 20.5. The number of likely N-dealkylation sites (N-methyl/N-ethyl adjacent to an activating group) is 1. The van der Waals surface area contributed by atoms with Gasteiger partial charge in [0.1, 0.15) is 22.2 Å². The molecule has 12 heteroatoms. The van der Waals surface area contributed by atoms with Gasteiger partial charge in [-0.3, -0.25) is 4.79 Å². The molecule has 3 heterocycles. The second kappa shape index (κ2) is 10.3. The van der Waals surface area contributed by atoms with Gasteiger partial charge >= 0.3 is 0 Å². The predicted molar refractivity (Wildman–Crippen MR) is 142 cm³/mol. The molecule has 7 N–H and O–H groups in total. The van der Waals surface area contributed by atoms with E-state index >= 15 is 0 Å². The fraction of sp³-hybridized carbons (Fsp3) is 0.458. The van der Waals surface area contributed by atoms with E-state index in [4.69, 9.17) is 23.1 Å². The van der Waals surface area contributed by atoms with Crippen LogP contribution in [-0.2, 0) is 4.79 Å². The Labute approximate surface area is 219 Å². The number of anilines is 3. The van der Waals surface area contributed by atoms with E-state index in [2.05, 4.69) is 27.1 Å². The second-order valence-electron chi connectivity index (χ2n) is 9.47. The fourth-order valence-electron chi connectivity index (χ4n) is 4.41. The summed E-state index contributed by atoms with van der Waals surface area (Å²) in [6, 6.07) is 4.76. The van der Waals surface area contributed by atoms with Crippen molar-refractivity contribution in [2.75, 3.05) is 36.1 Å². The molecule has 4 rings (SSSR count). The minimum Gasteiger partial charge on any atom is -0.509 e. The van der Waals surface area contributed by atoms with Crippen molar-refractivity contribution >= 4 is 46.6 Å². The van der Waals surface area contributed by atoms with E-state index in [1.54, 1.807) is 31.4 Å². The number of rotatable bonds is 7. The highest BCUT2D eigenvalue weighted by molar-refractivity contribution is 7.99. The second-order valence-corrected chi connectivity index (χ2v) is 10.9. The van der Waals surface area contributed by atoms with Crippen molar-refractivity contribution in [2.45, 2.75) is 60.8 Å². The quantitative estimate of drug-likeness (QED) is 0.335. The number of benzene rings is 1. The number of carbonyl (C=O) groups excluding carboxylic acids is 1. The van der Waals surface area contributed by atoms with Gasteiger partial charge < -0.3 is 36.8 Å². The molecule has 2 aliphatic heterocycles. The van der Waals surface area contributed by atoms with Crippen LogP contribution in [0.1, 0.15) is 33.1 Å². The molecular weight excluding hydrogens is 502 g/mol. The van der Waals surface area contributed by atoms with Gasteiger partial charge in [0.25, 0.3) is 5.91 Å². The number of nitrogens with one attached hydrogen (secondary N) is 1. The molecule has 10 nitrogen and oxygen atoms in total. The third-order valence-corrected chi connectivity index (χ3v) is 8.30. The number of hydrogen-bond donors (Lipinski definition) is 5. The Bertz CT molecular complexity index is 1180. The normalized spacial score (nSPS) is 20.7. The Hall–Kier alpha value is -2.73. The first-order valence-electron chi connectivity index (χ1n) is 11.8. The van der Waals surface area contributed by atoms with E-state index in [1.165, 1.54) is 16.7 Å². The zero-order chi connectivity index (χ0) is 26.2. The standard InChI is InChI=1S/C24H32ClN7O3S/c1-4-14-19(33)17(23(35)31(14)3)21(34)29-13-6-5-7-15(18(13)25)36-22-20(26)30-16(12-28-22)32-10-8-24(2,27)9-11-32/h5-7,12,14,21,29,33-34H,4,8-11,27H2,1-3H3,(H2,26,30). The number of nitrogens with zero attached hydrogens (tertiary/aromatic N) is 4. The maximum Gasteiger partial charge on any atom is 0.258 e. The largest absolute Gasteiger partial charge is 0.509 e. The van der Waals surface area contributed by atoms with E-state index in [1.807, 2.05) is 6.92 Å². The zero-order valence-corrected chi connectivity index (χ0v) is 22.1. The smallest absolute Gasteiger partial charge is 0.258 e. The molecule has 194 valence electrons. The maximum absolute atomic E-state index is 12.6. The Balaban J connectivity index is 1.49. The molecule has 1 saturated heterocycles. The number of halogens is 1. The van der Waals surface area contributed by atoms with E-state index in [0.717, 1.165) is 25.9 Å². The van der Waals surface area contributed by atoms with Crippen LogP contribution in [0.25, 0.3) is 0 Å². The molecule has 0 bridgehead atoms. The van der Waals surface area contributed by atoms with Crippen LogP contribution < -0.4 is 21.7 Å². The lowest BCUT2D eigenvalue weighted by atomic mass is 9.91. The van der Waals surface area contributed by atoms with Crippen LogP contribution in [0.4, 0.5) is 17.3 Å². The lowest BCUT2D eigenvalue weighted by Crippen LogP contribution is -2.48. The molecule has 2 unspecified atom stereocenters. The van der Waals surface area contributed by atoms with E-state index < -0.39 is 18.2 Å². The first-order valence-corrected chi connectivity index (χ1v) is 13.0. The van der Waals surface area contributed by atoms with Gasteiger partial charge in [-0.15, -0.1) is 0 Å². The molecule has 0 spiro atoms. The molecule has 2 aliphatic rings. The van der Waals surface area contributed by atoms with Crippen molar-refractivity contribution in [3.63, 3.8) is 0 Å². The van der Waals surface area contributed by atoms with Gasteiger partial charge in [0.15, 0.2) is 12.0 Å². The summed E-state index contributed by atoms with van der Waals surface area (Å²) >= 11 is 7.87. The number of nitrogen functional groups attached to an aromatic ring is 1. The molecule has 0 radical (unpaired) electrons. The van der Waals surface area contributed by atoms with Gasteiger partial charge in [-0.1, -0.05) is 36.4 Å². The van der Waals surface area contributed by atoms with Crippen molar-refractivity contribution < 1.29 is 15.0 Å². The van der Waals surface area contributed by atoms with Crippen LogP contribution in [0, 0.1) is 0 Å². The molecule has 0 aliphatic carbocycles. The molecule has 0 saturated carbocycles. The first kappa shape index (κ1) is 26.3. The number of carbonyl (C=O) groups is 1. The molecule has 1 aromatic carbocycles. The van der Waals surface area contributed by atoms with E-state index in [-0.39, 0.29) is 22.7 Å². The van der Waals surface area contributed by atoms with Crippen LogP contribution in [0.15, 0.2) is 45.6 Å². The fourth-order valence-corrected chi connectivity index (χ4v) is 5.52. The van der Waals surface area contributed by atoms with Gasteiger partial charge in [-0.2, -0.15) is 0 Å². The third kappa shape index (κ3) is 5.19. The average molecular weight is 534 g/mol. The van der Waals surface area contributed by atoms with Gasteiger partial charge in [0.05, 0.1) is 22.9 Å². The number of aliphatic hydroxyl groups is 2. The number of nitrogens with two attached hydrogens (primary N) is 2. The molecule has 2 atom stereocenters.